The fraction of sp³-hybridized carbons (Fsp3) is 0.438. The summed E-state index contributed by atoms with van der Waals surface area (Å²) < 4.78 is 28.6. The molecule has 2 rings (SSSR count). The Morgan fingerprint density at radius 1 is 1.23 bits per heavy atom. The molecule has 1 aromatic carbocycles. The first-order chi connectivity index (χ1) is 12.2. The zero-order valence-corrected chi connectivity index (χ0v) is 15.7. The van der Waals surface area contributed by atoms with Crippen molar-refractivity contribution in [3.63, 3.8) is 0 Å². The molecule has 0 spiro atoms. The van der Waals surface area contributed by atoms with Crippen molar-refractivity contribution in [3.8, 4) is 0 Å². The van der Waals surface area contributed by atoms with Crippen LogP contribution in [0.4, 0.5) is 5.95 Å². The maximum absolute atomic E-state index is 13.2. The number of aromatic nitrogens is 2. The topological polar surface area (TPSA) is 122 Å². The van der Waals surface area contributed by atoms with Gasteiger partial charge in [0.25, 0.3) is 0 Å². The molecule has 0 fully saturated rings. The average Bonchev–Trinajstić information content (AvgIpc) is 2.91. The molecule has 0 saturated carbocycles. The number of fused-ring (bicyclic) bond motifs is 1. The number of carbonyl (C=O) groups is 2. The summed E-state index contributed by atoms with van der Waals surface area (Å²) in [5.74, 6) is -1.96. The van der Waals surface area contributed by atoms with Crippen molar-refractivity contribution in [1.29, 1.82) is 0 Å². The summed E-state index contributed by atoms with van der Waals surface area (Å²) in [6.07, 6.45) is 1.23. The van der Waals surface area contributed by atoms with E-state index in [9.17, 15) is 23.1 Å². The fourth-order valence-electron chi connectivity index (χ4n) is 2.68. The van der Waals surface area contributed by atoms with Crippen LogP contribution in [0, 0.1) is 0 Å². The maximum atomic E-state index is 13.2. The minimum absolute atomic E-state index is 0.000252. The van der Waals surface area contributed by atoms with Gasteiger partial charge in [0.1, 0.15) is 5.52 Å². The van der Waals surface area contributed by atoms with Crippen molar-refractivity contribution in [2.45, 2.75) is 33.6 Å². The Morgan fingerprint density at radius 2 is 1.85 bits per heavy atom. The Hall–Kier alpha value is -2.46. The minimum Gasteiger partial charge on any atom is -0.478 e. The highest BCUT2D eigenvalue weighted by molar-refractivity contribution is 7.87. The van der Waals surface area contributed by atoms with E-state index in [2.05, 4.69) is 10.3 Å². The number of hydrogen-bond donors (Lipinski definition) is 2. The SMILES string of the molecule is CCCN(CCC)S(=O)(=O)n1c(NC(C)=O)nc2c(C(=O)O)cccc21. The van der Waals surface area contributed by atoms with Crippen molar-refractivity contribution in [2.24, 2.45) is 0 Å². The Kier molecular flexibility index (Phi) is 5.98. The Morgan fingerprint density at radius 3 is 2.35 bits per heavy atom. The van der Waals surface area contributed by atoms with Gasteiger partial charge in [0, 0.05) is 20.0 Å². The van der Waals surface area contributed by atoms with Crippen molar-refractivity contribution >= 4 is 39.1 Å². The normalized spacial score (nSPS) is 11.8. The molecule has 142 valence electrons. The first-order valence-corrected chi connectivity index (χ1v) is 9.66. The molecule has 0 aliphatic carbocycles. The van der Waals surface area contributed by atoms with E-state index >= 15 is 0 Å². The highest BCUT2D eigenvalue weighted by atomic mass is 32.2. The lowest BCUT2D eigenvalue weighted by Crippen LogP contribution is -2.37. The molecular weight excluding hydrogens is 360 g/mol. The van der Waals surface area contributed by atoms with Crippen LogP contribution in [0.3, 0.4) is 0 Å². The van der Waals surface area contributed by atoms with Gasteiger partial charge in [-0.3, -0.25) is 10.1 Å². The molecular formula is C16H22N4O5S. The molecule has 0 aliphatic heterocycles. The summed E-state index contributed by atoms with van der Waals surface area (Å²) >= 11 is 0. The number of benzene rings is 1. The lowest BCUT2D eigenvalue weighted by atomic mass is 10.2. The summed E-state index contributed by atoms with van der Waals surface area (Å²) in [5, 5.41) is 11.7. The third kappa shape index (κ3) is 3.70. The number of anilines is 1. The first kappa shape index (κ1) is 19.9. The number of nitrogens with one attached hydrogen (secondary N) is 1. The molecule has 26 heavy (non-hydrogen) atoms. The number of carbonyl (C=O) groups excluding carboxylic acids is 1. The van der Waals surface area contributed by atoms with Gasteiger partial charge in [0.05, 0.1) is 11.1 Å². The van der Waals surface area contributed by atoms with E-state index in [-0.39, 0.29) is 22.5 Å². The van der Waals surface area contributed by atoms with Crippen molar-refractivity contribution in [1.82, 2.24) is 13.3 Å². The fourth-order valence-corrected chi connectivity index (χ4v) is 4.44. The van der Waals surface area contributed by atoms with Crippen LogP contribution in [-0.2, 0) is 15.0 Å². The van der Waals surface area contributed by atoms with Gasteiger partial charge >= 0.3 is 16.2 Å². The van der Waals surface area contributed by atoms with Crippen LogP contribution in [0.15, 0.2) is 18.2 Å². The third-order valence-electron chi connectivity index (χ3n) is 3.66. The number of para-hydroxylation sites is 1. The lowest BCUT2D eigenvalue weighted by Gasteiger charge is -2.22. The molecule has 0 aliphatic rings. The molecule has 9 nitrogen and oxygen atoms in total. The highest BCUT2D eigenvalue weighted by Gasteiger charge is 2.30. The van der Waals surface area contributed by atoms with Crippen LogP contribution in [-0.4, -0.2) is 51.8 Å². The molecule has 0 bridgehead atoms. The van der Waals surface area contributed by atoms with E-state index in [1.165, 1.54) is 29.4 Å². The summed E-state index contributed by atoms with van der Waals surface area (Å²) in [7, 11) is -4.05. The summed E-state index contributed by atoms with van der Waals surface area (Å²) in [4.78, 5) is 27.1. The number of imidazole rings is 1. The number of nitrogens with zero attached hydrogens (tertiary/aromatic N) is 3. The molecule has 0 unspecified atom stereocenters. The molecule has 2 aromatic rings. The number of aromatic carboxylic acids is 1. The smallest absolute Gasteiger partial charge is 0.337 e. The van der Waals surface area contributed by atoms with Crippen molar-refractivity contribution in [2.75, 3.05) is 18.4 Å². The van der Waals surface area contributed by atoms with E-state index < -0.39 is 22.1 Å². The molecule has 10 heteroatoms. The molecule has 1 amide bonds. The monoisotopic (exact) mass is 382 g/mol. The van der Waals surface area contributed by atoms with Gasteiger partial charge < -0.3 is 5.11 Å². The third-order valence-corrected chi connectivity index (χ3v) is 5.51. The van der Waals surface area contributed by atoms with Gasteiger partial charge in [-0.15, -0.1) is 0 Å². The lowest BCUT2D eigenvalue weighted by molar-refractivity contribution is -0.114. The van der Waals surface area contributed by atoms with Crippen LogP contribution in [0.5, 0.6) is 0 Å². The highest BCUT2D eigenvalue weighted by Crippen LogP contribution is 2.26. The Labute approximate surface area is 151 Å². The standard InChI is InChI=1S/C16H22N4O5S/c1-4-9-19(10-5-2)26(24,25)20-13-8-6-7-12(15(22)23)14(13)18-16(20)17-11(3)21/h6-8H,4-5,9-10H2,1-3H3,(H,22,23)(H,17,18,21). The van der Waals surface area contributed by atoms with Crippen LogP contribution in [0.25, 0.3) is 11.0 Å². The summed E-state index contributed by atoms with van der Waals surface area (Å²) in [6.45, 7) is 5.55. The van der Waals surface area contributed by atoms with E-state index in [1.807, 2.05) is 13.8 Å². The van der Waals surface area contributed by atoms with E-state index in [1.54, 1.807) is 0 Å². The average molecular weight is 382 g/mol. The predicted molar refractivity (Wildman–Crippen MR) is 97.5 cm³/mol. The number of amides is 1. The number of hydrogen-bond acceptors (Lipinski definition) is 5. The molecule has 0 saturated heterocycles. The van der Waals surface area contributed by atoms with Crippen molar-refractivity contribution in [3.05, 3.63) is 23.8 Å². The number of carboxylic acids is 1. The van der Waals surface area contributed by atoms with Gasteiger partial charge in [-0.1, -0.05) is 19.9 Å². The van der Waals surface area contributed by atoms with Crippen molar-refractivity contribution < 1.29 is 23.1 Å². The number of rotatable bonds is 8. The van der Waals surface area contributed by atoms with Gasteiger partial charge in [0.15, 0.2) is 0 Å². The predicted octanol–water partition coefficient (Wildman–Crippen LogP) is 1.91. The maximum Gasteiger partial charge on any atom is 0.337 e. The van der Waals surface area contributed by atoms with E-state index in [4.69, 9.17) is 0 Å². The molecule has 0 atom stereocenters. The number of carboxylic acid groups (broad SMARTS) is 1. The second kappa shape index (κ2) is 7.83. The Bertz CT molecular complexity index is 930. The summed E-state index contributed by atoms with van der Waals surface area (Å²) in [6, 6.07) is 4.25. The second-order valence-corrected chi connectivity index (χ2v) is 7.54. The van der Waals surface area contributed by atoms with Gasteiger partial charge in [0.2, 0.25) is 11.9 Å². The van der Waals surface area contributed by atoms with Crippen LogP contribution < -0.4 is 5.32 Å². The second-order valence-electron chi connectivity index (χ2n) is 5.77. The zero-order valence-electron chi connectivity index (χ0n) is 14.9. The quantitative estimate of drug-likeness (QED) is 0.719. The Balaban J connectivity index is 2.80. The minimum atomic E-state index is -4.05. The molecule has 1 aromatic heterocycles. The van der Waals surface area contributed by atoms with E-state index in [0.29, 0.717) is 25.9 Å². The zero-order chi connectivity index (χ0) is 19.5. The molecule has 2 N–H and O–H groups in total. The first-order valence-electron chi connectivity index (χ1n) is 8.27. The molecule has 0 radical (unpaired) electrons. The van der Waals surface area contributed by atoms with Gasteiger partial charge in [-0.2, -0.15) is 16.7 Å². The van der Waals surface area contributed by atoms with Crippen LogP contribution in [0.1, 0.15) is 44.0 Å². The largest absolute Gasteiger partial charge is 0.478 e. The van der Waals surface area contributed by atoms with Crippen LogP contribution in [0.2, 0.25) is 0 Å². The van der Waals surface area contributed by atoms with Gasteiger partial charge in [-0.05, 0) is 25.0 Å². The summed E-state index contributed by atoms with van der Waals surface area (Å²) in [5.41, 5.74) is -0.0355. The van der Waals surface area contributed by atoms with E-state index in [0.717, 1.165) is 3.97 Å². The van der Waals surface area contributed by atoms with Gasteiger partial charge in [-0.25, -0.2) is 9.78 Å². The molecule has 1 heterocycles. The van der Waals surface area contributed by atoms with Crippen LogP contribution >= 0.6 is 0 Å².